The molecule has 3 aliphatic rings. The number of furan rings is 1. The van der Waals surface area contributed by atoms with E-state index in [4.69, 9.17) is 4.42 Å². The molecule has 11 aromatic carbocycles. The molecule has 16 rings (SSSR count). The minimum atomic E-state index is -0.495. The summed E-state index contributed by atoms with van der Waals surface area (Å²) in [6, 6.07) is 90.2. The van der Waals surface area contributed by atoms with Crippen LogP contribution in [0.15, 0.2) is 247 Å². The van der Waals surface area contributed by atoms with Crippen LogP contribution >= 0.6 is 0 Å². The second-order valence-corrected chi connectivity index (χ2v) is 20.7. The summed E-state index contributed by atoms with van der Waals surface area (Å²) in [5, 5.41) is 4.64. The van der Waals surface area contributed by atoms with Crippen molar-refractivity contribution in [2.45, 2.75) is 24.7 Å². The number of nitrogens with zero attached hydrogens (tertiary/aromatic N) is 2. The molecule has 13 aromatic rings. The lowest BCUT2D eigenvalue weighted by Gasteiger charge is -2.33. The SMILES string of the molecule is CC1(C)c2ccccc2-c2c(N(c3ccc4c(c3)C3(c5ccccc5-c5ccccc53)c3ccccc3-4)c3cccc4oc5ccc(-c6ccc7c8ccccc8n(-c8ccccc8)c7c6)cc5c34)cccc21. The van der Waals surface area contributed by atoms with E-state index < -0.39 is 5.41 Å². The van der Waals surface area contributed by atoms with E-state index in [9.17, 15) is 0 Å². The van der Waals surface area contributed by atoms with Gasteiger partial charge in [-0.05, 0) is 139 Å². The van der Waals surface area contributed by atoms with E-state index in [0.29, 0.717) is 0 Å². The highest BCUT2D eigenvalue weighted by Crippen LogP contribution is 2.64. The number of benzene rings is 11. The van der Waals surface area contributed by atoms with Gasteiger partial charge in [0.2, 0.25) is 0 Å². The third kappa shape index (κ3) is 5.33. The molecule has 73 heavy (non-hydrogen) atoms. The van der Waals surface area contributed by atoms with Crippen molar-refractivity contribution >= 4 is 60.8 Å². The summed E-state index contributed by atoms with van der Waals surface area (Å²) in [5.41, 5.74) is 25.8. The first kappa shape index (κ1) is 40.5. The van der Waals surface area contributed by atoms with Crippen molar-refractivity contribution < 1.29 is 4.42 Å². The first-order valence-electron chi connectivity index (χ1n) is 25.5. The number of rotatable bonds is 5. The van der Waals surface area contributed by atoms with Crippen molar-refractivity contribution in [2.75, 3.05) is 4.90 Å². The monoisotopic (exact) mass is 930 g/mol. The minimum Gasteiger partial charge on any atom is -0.456 e. The van der Waals surface area contributed by atoms with Crippen LogP contribution in [0.2, 0.25) is 0 Å². The summed E-state index contributed by atoms with van der Waals surface area (Å²) in [4.78, 5) is 2.55. The average molecular weight is 931 g/mol. The zero-order chi connectivity index (χ0) is 48.2. The molecule has 3 aliphatic carbocycles. The van der Waals surface area contributed by atoms with Crippen LogP contribution in [0.25, 0.3) is 93.9 Å². The number of aromatic nitrogens is 1. The largest absolute Gasteiger partial charge is 0.456 e. The molecular weight excluding hydrogens is 885 g/mol. The molecule has 2 aromatic heterocycles. The molecule has 2 heterocycles. The fourth-order valence-electron chi connectivity index (χ4n) is 13.7. The summed E-state index contributed by atoms with van der Waals surface area (Å²) in [5.74, 6) is 0. The van der Waals surface area contributed by atoms with Crippen LogP contribution < -0.4 is 4.90 Å². The maximum Gasteiger partial charge on any atom is 0.137 e. The van der Waals surface area contributed by atoms with Crippen LogP contribution in [0, 0.1) is 0 Å². The van der Waals surface area contributed by atoms with Crippen LogP contribution in [0.3, 0.4) is 0 Å². The molecule has 0 unspecified atom stereocenters. The third-order valence-corrected chi connectivity index (χ3v) is 16.8. The smallest absolute Gasteiger partial charge is 0.137 e. The summed E-state index contributed by atoms with van der Waals surface area (Å²) < 4.78 is 9.31. The number of para-hydroxylation sites is 2. The first-order chi connectivity index (χ1) is 36.0. The van der Waals surface area contributed by atoms with Crippen LogP contribution in [-0.4, -0.2) is 4.57 Å². The lowest BCUT2D eigenvalue weighted by Crippen LogP contribution is -2.26. The fraction of sp³-hybridized carbons (Fsp3) is 0.0571. The van der Waals surface area contributed by atoms with E-state index in [-0.39, 0.29) is 5.41 Å². The van der Waals surface area contributed by atoms with Gasteiger partial charge in [-0.2, -0.15) is 0 Å². The zero-order valence-electron chi connectivity index (χ0n) is 40.4. The zero-order valence-corrected chi connectivity index (χ0v) is 40.4. The Morgan fingerprint density at radius 1 is 0.370 bits per heavy atom. The van der Waals surface area contributed by atoms with Gasteiger partial charge in [0.1, 0.15) is 11.2 Å². The number of hydrogen-bond donors (Lipinski definition) is 0. The van der Waals surface area contributed by atoms with Crippen LogP contribution in [0.4, 0.5) is 17.1 Å². The quantitative estimate of drug-likeness (QED) is 0.171. The molecule has 0 N–H and O–H groups in total. The van der Waals surface area contributed by atoms with Crippen molar-refractivity contribution in [1.29, 1.82) is 0 Å². The Morgan fingerprint density at radius 2 is 0.945 bits per heavy atom. The molecule has 0 aliphatic heterocycles. The van der Waals surface area contributed by atoms with Crippen molar-refractivity contribution in [3.05, 3.63) is 276 Å². The lowest BCUT2D eigenvalue weighted by molar-refractivity contribution is 0.660. The standard InChI is InChI=1S/C70H46N2O/c1-69(2)55-25-11-9-24-53(55)67-59(69)29-16-31-62(67)72(46-36-38-50-49-22-8-14-28-58(49)70(60(50)42-46)56-26-12-6-20-47(56)48-21-7-13-27-57(48)70)63-32-17-33-66-68(63)54-40-43(35-39-65(54)73-66)44-34-37-52-51-23-10-15-30-61(51)71(64(52)41-44)45-18-4-3-5-19-45/h3-42H,1-2H3. The van der Waals surface area contributed by atoms with E-state index in [2.05, 4.69) is 266 Å². The normalized spacial score (nSPS) is 14.1. The second kappa shape index (κ2) is 14.7. The van der Waals surface area contributed by atoms with Crippen molar-refractivity contribution in [3.8, 4) is 50.2 Å². The Hall–Kier alpha value is -9.18. The molecule has 3 heteroatoms. The fourth-order valence-corrected chi connectivity index (χ4v) is 13.7. The van der Waals surface area contributed by atoms with Gasteiger partial charge >= 0.3 is 0 Å². The van der Waals surface area contributed by atoms with E-state index in [1.165, 1.54) is 88.6 Å². The van der Waals surface area contributed by atoms with Crippen LogP contribution in [0.1, 0.15) is 47.2 Å². The maximum absolute atomic E-state index is 6.91. The highest BCUT2D eigenvalue weighted by molar-refractivity contribution is 6.16. The van der Waals surface area contributed by atoms with Crippen molar-refractivity contribution in [2.24, 2.45) is 0 Å². The summed E-state index contributed by atoms with van der Waals surface area (Å²) >= 11 is 0. The van der Waals surface area contributed by atoms with Gasteiger partial charge in [-0.3, -0.25) is 0 Å². The lowest BCUT2D eigenvalue weighted by atomic mass is 9.70. The van der Waals surface area contributed by atoms with E-state index >= 15 is 0 Å². The van der Waals surface area contributed by atoms with Gasteiger partial charge in [0, 0.05) is 38.5 Å². The molecule has 0 fully saturated rings. The van der Waals surface area contributed by atoms with Crippen molar-refractivity contribution in [1.82, 2.24) is 4.57 Å². The topological polar surface area (TPSA) is 21.3 Å². The van der Waals surface area contributed by atoms with Gasteiger partial charge in [-0.25, -0.2) is 0 Å². The highest BCUT2D eigenvalue weighted by atomic mass is 16.3. The second-order valence-electron chi connectivity index (χ2n) is 20.7. The Kier molecular flexibility index (Phi) is 8.16. The Labute approximate surface area is 423 Å². The molecule has 0 saturated carbocycles. The van der Waals surface area contributed by atoms with Gasteiger partial charge in [-0.1, -0.05) is 190 Å². The summed E-state index contributed by atoms with van der Waals surface area (Å²) in [6.07, 6.45) is 0. The Morgan fingerprint density at radius 3 is 1.70 bits per heavy atom. The minimum absolute atomic E-state index is 0.189. The average Bonchev–Trinajstić information content (AvgIpc) is 4.28. The Balaban J connectivity index is 0.961. The molecule has 0 atom stereocenters. The molecular formula is C70H46N2O. The molecule has 0 radical (unpaired) electrons. The third-order valence-electron chi connectivity index (χ3n) is 16.8. The number of anilines is 3. The van der Waals surface area contributed by atoms with Gasteiger partial charge in [-0.15, -0.1) is 0 Å². The molecule has 342 valence electrons. The van der Waals surface area contributed by atoms with E-state index in [1.54, 1.807) is 0 Å². The summed E-state index contributed by atoms with van der Waals surface area (Å²) in [6.45, 7) is 4.75. The van der Waals surface area contributed by atoms with Gasteiger partial charge in [0.25, 0.3) is 0 Å². The first-order valence-corrected chi connectivity index (χ1v) is 25.5. The molecule has 0 amide bonds. The summed E-state index contributed by atoms with van der Waals surface area (Å²) in [7, 11) is 0. The molecule has 1 spiro atoms. The highest BCUT2D eigenvalue weighted by Gasteiger charge is 2.52. The predicted octanol–water partition coefficient (Wildman–Crippen LogP) is 18.5. The van der Waals surface area contributed by atoms with Crippen LogP contribution in [-0.2, 0) is 10.8 Å². The number of hydrogen-bond acceptors (Lipinski definition) is 2. The van der Waals surface area contributed by atoms with E-state index in [0.717, 1.165) is 55.8 Å². The van der Waals surface area contributed by atoms with Crippen molar-refractivity contribution in [3.63, 3.8) is 0 Å². The van der Waals surface area contributed by atoms with Gasteiger partial charge < -0.3 is 13.9 Å². The number of fused-ring (bicyclic) bond motifs is 19. The van der Waals surface area contributed by atoms with Crippen LogP contribution in [0.5, 0.6) is 0 Å². The van der Waals surface area contributed by atoms with E-state index in [1.807, 2.05) is 0 Å². The molecule has 3 nitrogen and oxygen atoms in total. The molecule has 0 saturated heterocycles. The Bertz CT molecular complexity index is 4430. The van der Waals surface area contributed by atoms with Gasteiger partial charge in [0.15, 0.2) is 0 Å². The molecule has 0 bridgehead atoms. The maximum atomic E-state index is 6.91. The predicted molar refractivity (Wildman–Crippen MR) is 302 cm³/mol. The van der Waals surface area contributed by atoms with Gasteiger partial charge in [0.05, 0.1) is 33.2 Å².